The molecule has 1 aromatic carbocycles. The molecule has 2 aromatic rings. The summed E-state index contributed by atoms with van der Waals surface area (Å²) in [5.74, 6) is 0.945. The van der Waals surface area contributed by atoms with Crippen LogP contribution in [0.5, 0.6) is 0 Å². The van der Waals surface area contributed by atoms with Crippen LogP contribution in [0.1, 0.15) is 35.9 Å². The van der Waals surface area contributed by atoms with Crippen molar-refractivity contribution in [1.82, 2.24) is 15.4 Å². The summed E-state index contributed by atoms with van der Waals surface area (Å²) in [6.45, 7) is 5.15. The van der Waals surface area contributed by atoms with Gasteiger partial charge >= 0.3 is 0 Å². The number of nitrogens with zero attached hydrogens (tertiary/aromatic N) is 2. The summed E-state index contributed by atoms with van der Waals surface area (Å²) in [4.78, 5) is 26.8. The summed E-state index contributed by atoms with van der Waals surface area (Å²) in [6.07, 6.45) is 2.14. The zero-order valence-corrected chi connectivity index (χ0v) is 16.7. The van der Waals surface area contributed by atoms with Gasteiger partial charge in [0, 0.05) is 37.4 Å². The molecular weight excluding hydrogens is 370 g/mol. The van der Waals surface area contributed by atoms with Gasteiger partial charge in [0.2, 0.25) is 5.91 Å². The average Bonchev–Trinajstić information content (AvgIpc) is 3.45. The molecule has 1 spiro atoms. The zero-order valence-electron chi connectivity index (χ0n) is 16.7. The van der Waals surface area contributed by atoms with E-state index in [0.29, 0.717) is 36.7 Å². The van der Waals surface area contributed by atoms with Crippen LogP contribution >= 0.6 is 0 Å². The molecule has 152 valence electrons. The first-order chi connectivity index (χ1) is 14.0. The fraction of sp³-hybridized carbons (Fsp3) is 0.500. The lowest BCUT2D eigenvalue weighted by atomic mass is 9.73. The van der Waals surface area contributed by atoms with Crippen molar-refractivity contribution in [2.45, 2.75) is 38.4 Å². The summed E-state index contributed by atoms with van der Waals surface area (Å²) >= 11 is 0. The Morgan fingerprint density at radius 1 is 1.31 bits per heavy atom. The average molecular weight is 395 g/mol. The van der Waals surface area contributed by atoms with Crippen LogP contribution in [-0.4, -0.2) is 53.2 Å². The quantitative estimate of drug-likeness (QED) is 0.859. The third-order valence-electron chi connectivity index (χ3n) is 6.78. The van der Waals surface area contributed by atoms with Gasteiger partial charge in [-0.05, 0) is 19.8 Å². The van der Waals surface area contributed by atoms with Crippen molar-refractivity contribution in [3.8, 4) is 11.3 Å². The molecule has 1 aromatic heterocycles. The minimum Gasteiger partial charge on any atom is -0.369 e. The molecule has 7 nitrogen and oxygen atoms in total. The van der Waals surface area contributed by atoms with E-state index in [1.807, 2.05) is 35.2 Å². The maximum Gasteiger partial charge on any atom is 0.259 e. The highest BCUT2D eigenvalue weighted by atomic mass is 16.5. The van der Waals surface area contributed by atoms with E-state index in [1.165, 1.54) is 6.92 Å². The number of amides is 2. The van der Waals surface area contributed by atoms with Crippen LogP contribution in [0.3, 0.4) is 0 Å². The third kappa shape index (κ3) is 2.87. The minimum absolute atomic E-state index is 0.0275. The van der Waals surface area contributed by atoms with E-state index in [9.17, 15) is 9.59 Å². The molecule has 0 radical (unpaired) electrons. The molecule has 2 amide bonds. The SMILES string of the molecule is CC(=O)NC[C@H]1[C@H]2CN(C(=O)c3c(-c4ccccc4)noc3C)C[C@]23CC[C@H]1O3. The Hall–Kier alpha value is -2.67. The fourth-order valence-electron chi connectivity index (χ4n) is 5.46. The van der Waals surface area contributed by atoms with Crippen molar-refractivity contribution < 1.29 is 18.8 Å². The molecule has 0 saturated carbocycles. The van der Waals surface area contributed by atoms with Gasteiger partial charge in [-0.2, -0.15) is 0 Å². The molecule has 7 heteroatoms. The van der Waals surface area contributed by atoms with Crippen molar-refractivity contribution >= 4 is 11.8 Å². The van der Waals surface area contributed by atoms with E-state index in [4.69, 9.17) is 9.26 Å². The Labute approximate surface area is 169 Å². The number of fused-ring (bicyclic) bond motifs is 1. The Morgan fingerprint density at radius 2 is 2.10 bits per heavy atom. The second kappa shape index (κ2) is 6.69. The summed E-state index contributed by atoms with van der Waals surface area (Å²) in [7, 11) is 0. The number of hydrogen-bond donors (Lipinski definition) is 1. The summed E-state index contributed by atoms with van der Waals surface area (Å²) in [5, 5.41) is 7.10. The first kappa shape index (κ1) is 18.4. The van der Waals surface area contributed by atoms with E-state index < -0.39 is 0 Å². The van der Waals surface area contributed by atoms with Crippen LogP contribution < -0.4 is 5.32 Å². The number of aromatic nitrogens is 1. The second-order valence-corrected chi connectivity index (χ2v) is 8.48. The van der Waals surface area contributed by atoms with Crippen molar-refractivity contribution in [3.63, 3.8) is 0 Å². The van der Waals surface area contributed by atoms with Crippen LogP contribution in [-0.2, 0) is 9.53 Å². The van der Waals surface area contributed by atoms with E-state index in [2.05, 4.69) is 10.5 Å². The molecule has 0 aliphatic carbocycles. The molecular formula is C22H25N3O4. The van der Waals surface area contributed by atoms with Crippen molar-refractivity contribution in [2.24, 2.45) is 11.8 Å². The Kier molecular flexibility index (Phi) is 4.24. The molecule has 3 fully saturated rings. The summed E-state index contributed by atoms with van der Waals surface area (Å²) < 4.78 is 11.8. The van der Waals surface area contributed by atoms with Crippen molar-refractivity contribution in [2.75, 3.05) is 19.6 Å². The first-order valence-corrected chi connectivity index (χ1v) is 10.2. The zero-order chi connectivity index (χ0) is 20.2. The van der Waals surface area contributed by atoms with Gasteiger partial charge in [-0.1, -0.05) is 35.5 Å². The van der Waals surface area contributed by atoms with Gasteiger partial charge in [-0.3, -0.25) is 9.59 Å². The summed E-state index contributed by atoms with van der Waals surface area (Å²) in [5.41, 5.74) is 1.70. The highest BCUT2D eigenvalue weighted by Crippen LogP contribution is 2.54. The number of carbonyl (C=O) groups is 2. The van der Waals surface area contributed by atoms with Gasteiger partial charge in [-0.15, -0.1) is 0 Å². The standard InChI is InChI=1S/C22H25N3O4/c1-13-19(20(24-29-13)15-6-4-3-5-7-15)21(27)25-11-17-16(10-23-14(2)26)18-8-9-22(17,12-25)28-18/h3-7,16-18H,8-12H2,1-2H3,(H,23,26)/t16-,17+,18+,22+/m0/s1. The minimum atomic E-state index is -0.276. The van der Waals surface area contributed by atoms with Crippen LogP contribution in [0.4, 0.5) is 0 Å². The smallest absolute Gasteiger partial charge is 0.259 e. The van der Waals surface area contributed by atoms with E-state index in [0.717, 1.165) is 18.4 Å². The lowest BCUT2D eigenvalue weighted by Gasteiger charge is -2.29. The highest BCUT2D eigenvalue weighted by molar-refractivity contribution is 6.01. The molecule has 4 heterocycles. The molecule has 0 unspecified atom stereocenters. The lowest BCUT2D eigenvalue weighted by Crippen LogP contribution is -2.41. The topological polar surface area (TPSA) is 84.7 Å². The Bertz CT molecular complexity index is 956. The monoisotopic (exact) mass is 395 g/mol. The predicted molar refractivity (Wildman–Crippen MR) is 105 cm³/mol. The molecule has 3 aliphatic rings. The van der Waals surface area contributed by atoms with Crippen LogP contribution in [0.2, 0.25) is 0 Å². The number of benzene rings is 1. The highest BCUT2D eigenvalue weighted by Gasteiger charge is 2.63. The van der Waals surface area contributed by atoms with Gasteiger partial charge in [0.05, 0.1) is 18.2 Å². The molecule has 4 atom stereocenters. The first-order valence-electron chi connectivity index (χ1n) is 10.2. The molecule has 29 heavy (non-hydrogen) atoms. The van der Waals surface area contributed by atoms with Gasteiger partial charge in [-0.25, -0.2) is 0 Å². The molecule has 1 N–H and O–H groups in total. The molecule has 5 rings (SSSR count). The third-order valence-corrected chi connectivity index (χ3v) is 6.78. The van der Waals surface area contributed by atoms with Crippen molar-refractivity contribution in [3.05, 3.63) is 41.7 Å². The fourth-order valence-corrected chi connectivity index (χ4v) is 5.46. The number of nitrogens with one attached hydrogen (secondary N) is 1. The molecule has 3 aliphatic heterocycles. The van der Waals surface area contributed by atoms with Crippen LogP contribution in [0.15, 0.2) is 34.9 Å². The van der Waals surface area contributed by atoms with Crippen molar-refractivity contribution in [1.29, 1.82) is 0 Å². The summed E-state index contributed by atoms with van der Waals surface area (Å²) in [6, 6.07) is 9.64. The molecule has 3 saturated heterocycles. The number of rotatable bonds is 4. The van der Waals surface area contributed by atoms with Gasteiger partial charge in [0.15, 0.2) is 0 Å². The Morgan fingerprint density at radius 3 is 2.86 bits per heavy atom. The van der Waals surface area contributed by atoms with Crippen LogP contribution in [0.25, 0.3) is 11.3 Å². The maximum atomic E-state index is 13.5. The van der Waals surface area contributed by atoms with Gasteiger partial charge in [0.1, 0.15) is 17.0 Å². The number of ether oxygens (including phenoxy) is 1. The largest absolute Gasteiger partial charge is 0.369 e. The lowest BCUT2D eigenvalue weighted by molar-refractivity contribution is -0.119. The Balaban J connectivity index is 1.41. The number of aryl methyl sites for hydroxylation is 1. The maximum absolute atomic E-state index is 13.5. The number of carbonyl (C=O) groups excluding carboxylic acids is 2. The number of likely N-dealkylation sites (tertiary alicyclic amines) is 1. The van der Waals surface area contributed by atoms with E-state index in [-0.39, 0.29) is 35.4 Å². The normalized spacial score (nSPS) is 29.9. The molecule has 2 bridgehead atoms. The van der Waals surface area contributed by atoms with E-state index in [1.54, 1.807) is 6.92 Å². The predicted octanol–water partition coefficient (Wildman–Crippen LogP) is 2.41. The van der Waals surface area contributed by atoms with Crippen LogP contribution in [0, 0.1) is 18.8 Å². The van der Waals surface area contributed by atoms with E-state index >= 15 is 0 Å². The second-order valence-electron chi connectivity index (χ2n) is 8.48. The van der Waals surface area contributed by atoms with Gasteiger partial charge in [0.25, 0.3) is 5.91 Å². The van der Waals surface area contributed by atoms with Gasteiger partial charge < -0.3 is 19.5 Å². The number of hydrogen-bond acceptors (Lipinski definition) is 5.